The van der Waals surface area contributed by atoms with Crippen LogP contribution < -0.4 is 0 Å². The molecule has 0 bridgehead atoms. The molecule has 0 aliphatic heterocycles. The number of carbonyl (C=O) groups excluding carboxylic acids is 2. The van der Waals surface area contributed by atoms with E-state index in [-0.39, 0.29) is 5.92 Å². The summed E-state index contributed by atoms with van der Waals surface area (Å²) < 4.78 is 10.7. The average molecular weight is 343 g/mol. The topological polar surface area (TPSA) is 52.6 Å². The SMILES string of the molecule is CCCCCCCCCOC(=O)C(CC)(CC)C(=O)OCC(C)C. The van der Waals surface area contributed by atoms with E-state index in [0.29, 0.717) is 26.1 Å². The molecular formula is C20H38O4. The van der Waals surface area contributed by atoms with Gasteiger partial charge in [-0.3, -0.25) is 9.59 Å². The van der Waals surface area contributed by atoms with Crippen LogP contribution in [0.25, 0.3) is 0 Å². The standard InChI is InChI=1S/C20H38O4/c1-6-9-10-11-12-13-14-15-23-18(21)20(7-2,8-3)19(22)24-16-17(4)5/h17H,6-16H2,1-5H3. The first-order valence-corrected chi connectivity index (χ1v) is 9.79. The fraction of sp³-hybridized carbons (Fsp3) is 0.900. The Labute approximate surface area is 148 Å². The summed E-state index contributed by atoms with van der Waals surface area (Å²) >= 11 is 0. The summed E-state index contributed by atoms with van der Waals surface area (Å²) in [5.74, 6) is -0.609. The van der Waals surface area contributed by atoms with Gasteiger partial charge in [-0.05, 0) is 25.2 Å². The molecule has 0 aliphatic rings. The van der Waals surface area contributed by atoms with E-state index in [0.717, 1.165) is 12.8 Å². The van der Waals surface area contributed by atoms with Gasteiger partial charge < -0.3 is 9.47 Å². The van der Waals surface area contributed by atoms with Gasteiger partial charge in [0.05, 0.1) is 13.2 Å². The Morgan fingerprint density at radius 1 is 0.792 bits per heavy atom. The highest BCUT2D eigenvalue weighted by molar-refractivity contribution is 5.99. The van der Waals surface area contributed by atoms with E-state index in [1.807, 2.05) is 27.7 Å². The summed E-state index contributed by atoms with van der Waals surface area (Å²) in [6, 6.07) is 0. The van der Waals surface area contributed by atoms with Gasteiger partial charge in [-0.15, -0.1) is 0 Å². The van der Waals surface area contributed by atoms with Crippen LogP contribution in [0.5, 0.6) is 0 Å². The van der Waals surface area contributed by atoms with Gasteiger partial charge in [0, 0.05) is 0 Å². The lowest BCUT2D eigenvalue weighted by Gasteiger charge is -2.27. The van der Waals surface area contributed by atoms with E-state index >= 15 is 0 Å². The Hall–Kier alpha value is -1.06. The number of esters is 2. The van der Waals surface area contributed by atoms with Crippen LogP contribution in [-0.2, 0) is 19.1 Å². The van der Waals surface area contributed by atoms with Gasteiger partial charge in [-0.1, -0.05) is 73.1 Å². The molecule has 24 heavy (non-hydrogen) atoms. The van der Waals surface area contributed by atoms with Crippen molar-refractivity contribution in [1.82, 2.24) is 0 Å². The lowest BCUT2D eigenvalue weighted by atomic mass is 9.82. The van der Waals surface area contributed by atoms with Gasteiger partial charge in [0.2, 0.25) is 0 Å². The van der Waals surface area contributed by atoms with Crippen molar-refractivity contribution in [2.75, 3.05) is 13.2 Å². The molecule has 0 saturated heterocycles. The van der Waals surface area contributed by atoms with Crippen LogP contribution in [0.1, 0.15) is 92.4 Å². The molecule has 0 unspecified atom stereocenters. The number of hydrogen-bond acceptors (Lipinski definition) is 4. The maximum atomic E-state index is 12.5. The Morgan fingerprint density at radius 2 is 1.29 bits per heavy atom. The minimum Gasteiger partial charge on any atom is -0.465 e. The molecule has 0 aliphatic carbocycles. The molecule has 0 radical (unpaired) electrons. The Bertz CT molecular complexity index is 346. The molecule has 0 atom stereocenters. The van der Waals surface area contributed by atoms with Crippen LogP contribution in [0.2, 0.25) is 0 Å². The lowest BCUT2D eigenvalue weighted by Crippen LogP contribution is -2.41. The van der Waals surface area contributed by atoms with Crippen LogP contribution in [0, 0.1) is 11.3 Å². The van der Waals surface area contributed by atoms with E-state index in [4.69, 9.17) is 9.47 Å². The quantitative estimate of drug-likeness (QED) is 0.245. The summed E-state index contributed by atoms with van der Waals surface area (Å²) in [7, 11) is 0. The third-order valence-corrected chi connectivity index (χ3v) is 4.52. The third-order valence-electron chi connectivity index (χ3n) is 4.52. The average Bonchev–Trinajstić information content (AvgIpc) is 2.57. The number of rotatable bonds is 14. The molecule has 0 aromatic heterocycles. The molecule has 0 aromatic carbocycles. The Morgan fingerprint density at radius 3 is 1.79 bits per heavy atom. The lowest BCUT2D eigenvalue weighted by molar-refractivity contribution is -0.174. The molecule has 0 spiro atoms. The van der Waals surface area contributed by atoms with Gasteiger partial charge in [-0.2, -0.15) is 0 Å². The first kappa shape index (κ1) is 22.9. The first-order valence-electron chi connectivity index (χ1n) is 9.79. The molecule has 0 rings (SSSR count). The molecule has 0 amide bonds. The van der Waals surface area contributed by atoms with Gasteiger partial charge in [0.15, 0.2) is 5.41 Å². The normalized spacial score (nSPS) is 11.6. The second-order valence-corrected chi connectivity index (χ2v) is 7.04. The number of ether oxygens (including phenoxy) is 2. The molecule has 0 heterocycles. The van der Waals surface area contributed by atoms with E-state index in [1.165, 1.54) is 32.1 Å². The highest BCUT2D eigenvalue weighted by Crippen LogP contribution is 2.30. The largest absolute Gasteiger partial charge is 0.465 e. The van der Waals surface area contributed by atoms with Crippen molar-refractivity contribution < 1.29 is 19.1 Å². The van der Waals surface area contributed by atoms with E-state index in [2.05, 4.69) is 6.92 Å². The van der Waals surface area contributed by atoms with Gasteiger partial charge >= 0.3 is 11.9 Å². The maximum absolute atomic E-state index is 12.5. The molecule has 0 N–H and O–H groups in total. The second-order valence-electron chi connectivity index (χ2n) is 7.04. The van der Waals surface area contributed by atoms with E-state index < -0.39 is 17.4 Å². The zero-order valence-electron chi connectivity index (χ0n) is 16.5. The zero-order chi connectivity index (χ0) is 18.4. The van der Waals surface area contributed by atoms with Crippen LogP contribution >= 0.6 is 0 Å². The summed E-state index contributed by atoms with van der Waals surface area (Å²) in [4.78, 5) is 24.9. The van der Waals surface area contributed by atoms with Crippen LogP contribution in [-0.4, -0.2) is 25.2 Å². The summed E-state index contributed by atoms with van der Waals surface area (Å²) in [5, 5.41) is 0. The molecule has 0 saturated carbocycles. The molecule has 0 aromatic rings. The van der Waals surface area contributed by atoms with Crippen molar-refractivity contribution >= 4 is 11.9 Å². The summed E-state index contributed by atoms with van der Waals surface area (Å²) in [5.41, 5.74) is -1.14. The van der Waals surface area contributed by atoms with Crippen molar-refractivity contribution in [3.63, 3.8) is 0 Å². The maximum Gasteiger partial charge on any atom is 0.323 e. The van der Waals surface area contributed by atoms with Crippen molar-refractivity contribution in [2.24, 2.45) is 11.3 Å². The third kappa shape index (κ3) is 8.16. The predicted octanol–water partition coefficient (Wildman–Crippen LogP) is 5.29. The monoisotopic (exact) mass is 342 g/mol. The summed E-state index contributed by atoms with van der Waals surface area (Å²) in [6.07, 6.45) is 9.02. The van der Waals surface area contributed by atoms with Crippen LogP contribution in [0.15, 0.2) is 0 Å². The molecule has 4 heteroatoms. The van der Waals surface area contributed by atoms with Gasteiger partial charge in [0.1, 0.15) is 0 Å². The molecule has 0 fully saturated rings. The second kappa shape index (κ2) is 13.3. The van der Waals surface area contributed by atoms with Crippen LogP contribution in [0.3, 0.4) is 0 Å². The van der Waals surface area contributed by atoms with Crippen LogP contribution in [0.4, 0.5) is 0 Å². The fourth-order valence-corrected chi connectivity index (χ4v) is 2.65. The summed E-state index contributed by atoms with van der Waals surface area (Å²) in [6.45, 7) is 10.6. The Balaban J connectivity index is 4.26. The predicted molar refractivity (Wildman–Crippen MR) is 97.8 cm³/mol. The molecule has 4 nitrogen and oxygen atoms in total. The number of carbonyl (C=O) groups is 2. The highest BCUT2D eigenvalue weighted by atomic mass is 16.6. The minimum absolute atomic E-state index is 0.254. The molecule has 142 valence electrons. The van der Waals surface area contributed by atoms with Crippen molar-refractivity contribution in [3.05, 3.63) is 0 Å². The van der Waals surface area contributed by atoms with Crippen molar-refractivity contribution in [3.8, 4) is 0 Å². The van der Waals surface area contributed by atoms with Crippen molar-refractivity contribution in [2.45, 2.75) is 92.4 Å². The first-order chi connectivity index (χ1) is 11.4. The van der Waals surface area contributed by atoms with Crippen molar-refractivity contribution in [1.29, 1.82) is 0 Å². The number of hydrogen-bond donors (Lipinski definition) is 0. The van der Waals surface area contributed by atoms with E-state index in [1.54, 1.807) is 0 Å². The van der Waals surface area contributed by atoms with Gasteiger partial charge in [0.25, 0.3) is 0 Å². The van der Waals surface area contributed by atoms with E-state index in [9.17, 15) is 9.59 Å². The minimum atomic E-state index is -1.14. The highest BCUT2D eigenvalue weighted by Gasteiger charge is 2.45. The zero-order valence-corrected chi connectivity index (χ0v) is 16.5. The van der Waals surface area contributed by atoms with Gasteiger partial charge in [-0.25, -0.2) is 0 Å². The Kier molecular flexibility index (Phi) is 12.7. The molecular weight excluding hydrogens is 304 g/mol. The number of unbranched alkanes of at least 4 members (excludes halogenated alkanes) is 6. The fourth-order valence-electron chi connectivity index (χ4n) is 2.65. The smallest absolute Gasteiger partial charge is 0.323 e.